The second-order valence-corrected chi connectivity index (χ2v) is 8.39. The number of benzene rings is 1. The highest BCUT2D eigenvalue weighted by molar-refractivity contribution is 6.13. The van der Waals surface area contributed by atoms with Gasteiger partial charge in [0.05, 0.1) is 28.8 Å². The lowest BCUT2D eigenvalue weighted by Crippen LogP contribution is -2.14. The summed E-state index contributed by atoms with van der Waals surface area (Å²) in [6.07, 6.45) is 3.89. The molecule has 0 unspecified atom stereocenters. The molecule has 0 aliphatic heterocycles. The monoisotopic (exact) mass is 453 g/mol. The Morgan fingerprint density at radius 1 is 1.12 bits per heavy atom. The number of nitrogens with one attached hydrogen (secondary N) is 2. The van der Waals surface area contributed by atoms with E-state index in [2.05, 4.69) is 20.4 Å². The quantitative estimate of drug-likeness (QED) is 0.343. The van der Waals surface area contributed by atoms with Crippen LogP contribution in [-0.4, -0.2) is 26.6 Å². The molecule has 0 aliphatic carbocycles. The highest BCUT2D eigenvalue weighted by Gasteiger charge is 2.19. The Labute approximate surface area is 198 Å². The predicted molar refractivity (Wildman–Crippen MR) is 132 cm³/mol. The van der Waals surface area contributed by atoms with Gasteiger partial charge in [0, 0.05) is 35.5 Å². The molecule has 172 valence electrons. The molecule has 1 atom stereocenters. The zero-order valence-electron chi connectivity index (χ0n) is 19.7. The smallest absolute Gasteiger partial charge is 0.141 e. The molecule has 0 bridgehead atoms. The second kappa shape index (κ2) is 9.79. The van der Waals surface area contributed by atoms with E-state index in [1.54, 1.807) is 19.3 Å². The molecule has 0 amide bonds. The first-order chi connectivity index (χ1) is 16.3. The number of nitrogens with zero attached hydrogens (tertiary/aromatic N) is 3. The van der Waals surface area contributed by atoms with Crippen molar-refractivity contribution < 1.29 is 9.32 Å². The first-order valence-electron chi connectivity index (χ1n) is 11.1. The van der Waals surface area contributed by atoms with E-state index >= 15 is 0 Å². The van der Waals surface area contributed by atoms with Gasteiger partial charge in [0.25, 0.3) is 0 Å². The minimum absolute atomic E-state index is 0.104. The Morgan fingerprint density at radius 3 is 2.50 bits per heavy atom. The number of carbonyl (C=O) groups excluding carboxylic acids is 1. The molecule has 0 fully saturated rings. The van der Waals surface area contributed by atoms with Crippen LogP contribution in [0, 0.1) is 19.3 Å². The third kappa shape index (κ3) is 4.93. The average molecular weight is 454 g/mol. The molecule has 34 heavy (non-hydrogen) atoms. The van der Waals surface area contributed by atoms with Crippen LogP contribution >= 0.6 is 0 Å². The number of aryl methyl sites for hydroxylation is 2. The molecule has 2 N–H and O–H groups in total. The van der Waals surface area contributed by atoms with Gasteiger partial charge >= 0.3 is 0 Å². The third-order valence-corrected chi connectivity index (χ3v) is 5.65. The van der Waals surface area contributed by atoms with Gasteiger partial charge in [0.1, 0.15) is 17.2 Å². The van der Waals surface area contributed by atoms with Crippen LogP contribution in [0.25, 0.3) is 11.1 Å². The van der Waals surface area contributed by atoms with Gasteiger partial charge in [-0.3, -0.25) is 20.2 Å². The number of aromatic nitrogens is 3. The van der Waals surface area contributed by atoms with Crippen LogP contribution in [0.2, 0.25) is 0 Å². The molecule has 7 heteroatoms. The van der Waals surface area contributed by atoms with E-state index in [9.17, 15) is 4.79 Å². The van der Waals surface area contributed by atoms with Crippen LogP contribution in [0.4, 0.5) is 5.69 Å². The maximum atomic E-state index is 11.4. The summed E-state index contributed by atoms with van der Waals surface area (Å²) in [4.78, 5) is 20.6. The van der Waals surface area contributed by atoms with Crippen LogP contribution in [0.1, 0.15) is 53.9 Å². The van der Waals surface area contributed by atoms with Gasteiger partial charge in [-0.1, -0.05) is 35.5 Å². The minimum Gasteiger partial charge on any atom is -0.375 e. The van der Waals surface area contributed by atoms with E-state index < -0.39 is 0 Å². The molecule has 1 aromatic carbocycles. The third-order valence-electron chi connectivity index (χ3n) is 5.65. The molecule has 7 nitrogen and oxygen atoms in total. The van der Waals surface area contributed by atoms with Crippen molar-refractivity contribution in [1.82, 2.24) is 15.1 Å². The summed E-state index contributed by atoms with van der Waals surface area (Å²) in [5, 5.41) is 16.4. The molecule has 0 saturated heterocycles. The van der Waals surface area contributed by atoms with E-state index in [-0.39, 0.29) is 17.5 Å². The number of carbonyl (C=O) groups is 1. The highest BCUT2D eigenvalue weighted by Crippen LogP contribution is 2.31. The summed E-state index contributed by atoms with van der Waals surface area (Å²) >= 11 is 0. The summed E-state index contributed by atoms with van der Waals surface area (Å²) in [5.41, 5.74) is 6.60. The molecule has 0 saturated carbocycles. The van der Waals surface area contributed by atoms with Gasteiger partial charge in [0.2, 0.25) is 0 Å². The number of anilines is 1. The van der Waals surface area contributed by atoms with E-state index in [1.165, 1.54) is 0 Å². The molecule has 4 rings (SSSR count). The molecule has 0 spiro atoms. The van der Waals surface area contributed by atoms with Gasteiger partial charge in [-0.2, -0.15) is 0 Å². The Morgan fingerprint density at radius 2 is 1.88 bits per heavy atom. The normalized spacial score (nSPS) is 11.8. The summed E-state index contributed by atoms with van der Waals surface area (Å²) < 4.78 is 5.35. The Bertz CT molecular complexity index is 1310. The lowest BCUT2D eigenvalue weighted by molar-refractivity contribution is -0.116. The van der Waals surface area contributed by atoms with Gasteiger partial charge in [-0.15, -0.1) is 0 Å². The highest BCUT2D eigenvalue weighted by atomic mass is 16.5. The fourth-order valence-corrected chi connectivity index (χ4v) is 3.96. The van der Waals surface area contributed by atoms with Crippen LogP contribution in [0.15, 0.2) is 65.4 Å². The zero-order chi connectivity index (χ0) is 24.2. The van der Waals surface area contributed by atoms with E-state index in [0.29, 0.717) is 23.6 Å². The van der Waals surface area contributed by atoms with Crippen molar-refractivity contribution in [3.8, 4) is 11.1 Å². The zero-order valence-corrected chi connectivity index (χ0v) is 19.7. The standard InChI is InChI=1S/C27H27N5O2/c1-16(33)13-20-8-10-21(11-9-20)26(28)27-24(31-17(2)23-7-5-6-12-29-23)14-22(15-30-27)25-18(3)32-34-19(25)4/h5-12,14-15,17,28,31H,13H2,1-4H3/t17-/m0/s1. The average Bonchev–Trinajstić information content (AvgIpc) is 3.17. The van der Waals surface area contributed by atoms with Crippen LogP contribution in [0.3, 0.4) is 0 Å². The number of Topliss-reactive ketones (excluding diaryl/α,β-unsaturated/α-hetero) is 1. The summed E-state index contributed by atoms with van der Waals surface area (Å²) in [7, 11) is 0. The number of ketones is 1. The first-order valence-corrected chi connectivity index (χ1v) is 11.1. The summed E-state index contributed by atoms with van der Waals surface area (Å²) in [6.45, 7) is 7.36. The first kappa shape index (κ1) is 23.0. The second-order valence-electron chi connectivity index (χ2n) is 8.39. The van der Waals surface area contributed by atoms with Crippen molar-refractivity contribution >= 4 is 17.2 Å². The molecule has 3 aromatic heterocycles. The van der Waals surface area contributed by atoms with Crippen molar-refractivity contribution in [2.24, 2.45) is 0 Å². The lowest BCUT2D eigenvalue weighted by Gasteiger charge is -2.19. The maximum absolute atomic E-state index is 11.4. The summed E-state index contributed by atoms with van der Waals surface area (Å²) in [5.74, 6) is 0.821. The largest absolute Gasteiger partial charge is 0.375 e. The summed E-state index contributed by atoms with van der Waals surface area (Å²) in [6, 6.07) is 15.1. The van der Waals surface area contributed by atoms with Gasteiger partial charge < -0.3 is 9.84 Å². The van der Waals surface area contributed by atoms with Crippen LogP contribution in [-0.2, 0) is 11.2 Å². The lowest BCUT2D eigenvalue weighted by atomic mass is 9.99. The van der Waals surface area contributed by atoms with E-state index in [1.807, 2.05) is 69.3 Å². The molecule has 0 radical (unpaired) electrons. The molecular weight excluding hydrogens is 426 g/mol. The molecule has 3 heterocycles. The van der Waals surface area contributed by atoms with Gasteiger partial charge in [-0.25, -0.2) is 0 Å². The SMILES string of the molecule is CC(=O)Cc1ccc(C(=N)c2ncc(-c3c(C)noc3C)cc2N[C@@H](C)c2ccccn2)cc1. The van der Waals surface area contributed by atoms with Crippen molar-refractivity contribution in [1.29, 1.82) is 5.41 Å². The van der Waals surface area contributed by atoms with Crippen molar-refractivity contribution in [3.63, 3.8) is 0 Å². The molecular formula is C27H27N5O2. The Kier molecular flexibility index (Phi) is 6.63. The van der Waals surface area contributed by atoms with Crippen molar-refractivity contribution in [2.75, 3.05) is 5.32 Å². The number of rotatable bonds is 8. The number of pyridine rings is 2. The predicted octanol–water partition coefficient (Wildman–Crippen LogP) is 5.47. The molecule has 0 aliphatic rings. The fourth-order valence-electron chi connectivity index (χ4n) is 3.96. The van der Waals surface area contributed by atoms with Crippen molar-refractivity contribution in [3.05, 3.63) is 94.9 Å². The van der Waals surface area contributed by atoms with Crippen LogP contribution in [0.5, 0.6) is 0 Å². The maximum Gasteiger partial charge on any atom is 0.141 e. The minimum atomic E-state index is -0.104. The number of hydrogen-bond donors (Lipinski definition) is 2. The fraction of sp³-hybridized carbons (Fsp3) is 0.222. The Balaban J connectivity index is 1.73. The van der Waals surface area contributed by atoms with Gasteiger partial charge in [0.15, 0.2) is 0 Å². The topological polar surface area (TPSA) is 105 Å². The van der Waals surface area contributed by atoms with Crippen molar-refractivity contribution in [2.45, 2.75) is 40.2 Å². The number of hydrogen-bond acceptors (Lipinski definition) is 7. The van der Waals surface area contributed by atoms with E-state index in [0.717, 1.165) is 33.6 Å². The van der Waals surface area contributed by atoms with Crippen LogP contribution < -0.4 is 5.32 Å². The van der Waals surface area contributed by atoms with E-state index in [4.69, 9.17) is 9.93 Å². The molecule has 4 aromatic rings. The van der Waals surface area contributed by atoms with Gasteiger partial charge in [-0.05, 0) is 51.5 Å². The Hall–Kier alpha value is -4.13.